The molecular formula is C29H27Cl2NO6. The van der Waals surface area contributed by atoms with Crippen LogP contribution < -0.4 is 24.3 Å². The molecule has 1 amide bonds. The van der Waals surface area contributed by atoms with Gasteiger partial charge in [-0.25, -0.2) is 0 Å². The Morgan fingerprint density at radius 1 is 0.789 bits per heavy atom. The average molecular weight is 556 g/mol. The van der Waals surface area contributed by atoms with Crippen LogP contribution in [0.4, 0.5) is 5.69 Å². The van der Waals surface area contributed by atoms with Crippen LogP contribution in [0, 0.1) is 0 Å². The summed E-state index contributed by atoms with van der Waals surface area (Å²) in [4.78, 5) is 12.6. The van der Waals surface area contributed by atoms with E-state index in [-0.39, 0.29) is 18.3 Å². The van der Waals surface area contributed by atoms with Gasteiger partial charge in [-0.2, -0.15) is 0 Å². The molecule has 1 N–H and O–H groups in total. The van der Waals surface area contributed by atoms with Gasteiger partial charge in [-0.1, -0.05) is 35.3 Å². The summed E-state index contributed by atoms with van der Waals surface area (Å²) in [6.07, 6.45) is 0. The van der Waals surface area contributed by atoms with Gasteiger partial charge in [0.25, 0.3) is 5.91 Å². The highest BCUT2D eigenvalue weighted by Gasteiger charge is 2.13. The van der Waals surface area contributed by atoms with E-state index in [9.17, 15) is 4.79 Å². The Bertz CT molecular complexity index is 1370. The van der Waals surface area contributed by atoms with Gasteiger partial charge in [0, 0.05) is 5.69 Å². The molecule has 0 spiro atoms. The Morgan fingerprint density at radius 2 is 1.55 bits per heavy atom. The first kappa shape index (κ1) is 27.2. The molecule has 4 rings (SSSR count). The summed E-state index contributed by atoms with van der Waals surface area (Å²) in [5.74, 6) is 2.73. The van der Waals surface area contributed by atoms with Crippen molar-refractivity contribution < 1.29 is 28.2 Å². The highest BCUT2D eigenvalue weighted by atomic mass is 35.5. The first-order valence-electron chi connectivity index (χ1n) is 12.0. The van der Waals surface area contributed by atoms with Crippen LogP contribution in [-0.4, -0.2) is 19.1 Å². The summed E-state index contributed by atoms with van der Waals surface area (Å²) in [6.45, 7) is 5.42. The molecule has 0 atom stereocenters. The molecule has 0 aliphatic heterocycles. The highest BCUT2D eigenvalue weighted by Crippen LogP contribution is 2.32. The summed E-state index contributed by atoms with van der Waals surface area (Å²) in [5.41, 5.74) is 1.55. The van der Waals surface area contributed by atoms with Crippen LogP contribution >= 0.6 is 23.2 Å². The van der Waals surface area contributed by atoms with Crippen LogP contribution in [-0.2, 0) is 13.2 Å². The Hall–Kier alpha value is -3.81. The van der Waals surface area contributed by atoms with Gasteiger partial charge in [0.1, 0.15) is 35.5 Å². The molecule has 3 aromatic carbocycles. The van der Waals surface area contributed by atoms with Crippen molar-refractivity contribution >= 4 is 34.8 Å². The van der Waals surface area contributed by atoms with Crippen molar-refractivity contribution in [1.82, 2.24) is 0 Å². The first-order valence-corrected chi connectivity index (χ1v) is 12.8. The van der Waals surface area contributed by atoms with Crippen molar-refractivity contribution in [2.75, 3.05) is 18.5 Å². The van der Waals surface area contributed by atoms with Gasteiger partial charge in [-0.3, -0.25) is 4.79 Å². The number of carbonyl (C=O) groups excluding carboxylic acids is 1. The Morgan fingerprint density at radius 3 is 2.32 bits per heavy atom. The third-order valence-corrected chi connectivity index (χ3v) is 6.10. The largest absolute Gasteiger partial charge is 0.490 e. The number of rotatable bonds is 12. The maximum atomic E-state index is 12.6. The summed E-state index contributed by atoms with van der Waals surface area (Å²) >= 11 is 12.1. The van der Waals surface area contributed by atoms with E-state index in [0.29, 0.717) is 64.3 Å². The van der Waals surface area contributed by atoms with Gasteiger partial charge in [-0.15, -0.1) is 0 Å². The van der Waals surface area contributed by atoms with E-state index in [2.05, 4.69) is 5.32 Å². The molecule has 0 aliphatic rings. The predicted octanol–water partition coefficient (Wildman–Crippen LogP) is 7.79. The van der Waals surface area contributed by atoms with Crippen LogP contribution in [0.15, 0.2) is 77.2 Å². The lowest BCUT2D eigenvalue weighted by Gasteiger charge is -2.13. The van der Waals surface area contributed by atoms with E-state index in [1.54, 1.807) is 54.6 Å². The van der Waals surface area contributed by atoms with Gasteiger partial charge in [-0.05, 0) is 80.1 Å². The number of anilines is 1. The minimum Gasteiger partial charge on any atom is -0.490 e. The van der Waals surface area contributed by atoms with Crippen LogP contribution in [0.3, 0.4) is 0 Å². The second kappa shape index (κ2) is 13.1. The molecule has 0 radical (unpaired) electrons. The minimum absolute atomic E-state index is 0.0970. The lowest BCUT2D eigenvalue weighted by molar-refractivity contribution is 0.0992. The number of hydrogen-bond donors (Lipinski definition) is 1. The molecule has 0 fully saturated rings. The summed E-state index contributed by atoms with van der Waals surface area (Å²) in [5, 5.41) is 3.52. The molecule has 1 aromatic heterocycles. The van der Waals surface area contributed by atoms with Crippen LogP contribution in [0.2, 0.25) is 10.0 Å². The van der Waals surface area contributed by atoms with Crippen molar-refractivity contribution in [2.45, 2.75) is 27.1 Å². The summed E-state index contributed by atoms with van der Waals surface area (Å²) in [7, 11) is 0. The zero-order valence-electron chi connectivity index (χ0n) is 21.0. The molecule has 0 bridgehead atoms. The molecule has 1 heterocycles. The van der Waals surface area contributed by atoms with Crippen LogP contribution in [0.5, 0.6) is 23.0 Å². The molecule has 0 saturated carbocycles. The van der Waals surface area contributed by atoms with Gasteiger partial charge >= 0.3 is 0 Å². The molecule has 198 valence electrons. The summed E-state index contributed by atoms with van der Waals surface area (Å²) in [6, 6.07) is 21.2. The molecule has 7 nitrogen and oxygen atoms in total. The Balaban J connectivity index is 1.29. The normalized spacial score (nSPS) is 10.6. The van der Waals surface area contributed by atoms with Crippen LogP contribution in [0.1, 0.15) is 35.7 Å². The number of benzene rings is 3. The SMILES string of the molecule is CCOc1ccc(COc2ccc(NC(=O)c3ccc(COc4cccc(Cl)c4Cl)o3)cc2)cc1OCC. The second-order valence-corrected chi connectivity index (χ2v) is 8.81. The van der Waals surface area contributed by atoms with Crippen molar-refractivity contribution in [3.05, 3.63) is 99.9 Å². The fourth-order valence-electron chi connectivity index (χ4n) is 3.50. The number of ether oxygens (including phenoxy) is 4. The molecule has 0 unspecified atom stereocenters. The van der Waals surface area contributed by atoms with Gasteiger partial charge < -0.3 is 28.7 Å². The highest BCUT2D eigenvalue weighted by molar-refractivity contribution is 6.42. The van der Waals surface area contributed by atoms with Crippen molar-refractivity contribution in [1.29, 1.82) is 0 Å². The van der Waals surface area contributed by atoms with Crippen molar-refractivity contribution in [2.24, 2.45) is 0 Å². The monoisotopic (exact) mass is 555 g/mol. The number of halogens is 2. The fourth-order valence-corrected chi connectivity index (χ4v) is 3.85. The van der Waals surface area contributed by atoms with Gasteiger partial charge in [0.05, 0.1) is 18.2 Å². The molecule has 0 saturated heterocycles. The molecular weight excluding hydrogens is 529 g/mol. The van der Waals surface area contributed by atoms with E-state index in [1.807, 2.05) is 32.0 Å². The van der Waals surface area contributed by atoms with Gasteiger partial charge in [0.2, 0.25) is 0 Å². The van der Waals surface area contributed by atoms with E-state index >= 15 is 0 Å². The molecule has 9 heteroatoms. The number of amides is 1. The molecule has 4 aromatic rings. The van der Waals surface area contributed by atoms with E-state index in [4.69, 9.17) is 46.6 Å². The van der Waals surface area contributed by atoms with Crippen molar-refractivity contribution in [3.63, 3.8) is 0 Å². The van der Waals surface area contributed by atoms with Crippen molar-refractivity contribution in [3.8, 4) is 23.0 Å². The number of nitrogens with one attached hydrogen (secondary N) is 1. The van der Waals surface area contributed by atoms with Gasteiger partial charge in [0.15, 0.2) is 17.3 Å². The zero-order valence-corrected chi connectivity index (χ0v) is 22.5. The lowest BCUT2D eigenvalue weighted by Crippen LogP contribution is -2.10. The van der Waals surface area contributed by atoms with E-state index < -0.39 is 0 Å². The minimum atomic E-state index is -0.386. The Kier molecular flexibility index (Phi) is 9.40. The summed E-state index contributed by atoms with van der Waals surface area (Å²) < 4.78 is 28.4. The first-order chi connectivity index (χ1) is 18.5. The quantitative estimate of drug-likeness (QED) is 0.192. The fraction of sp³-hybridized carbons (Fsp3) is 0.207. The number of hydrogen-bond acceptors (Lipinski definition) is 6. The lowest BCUT2D eigenvalue weighted by atomic mass is 10.2. The molecule has 38 heavy (non-hydrogen) atoms. The number of furan rings is 1. The Labute approximate surface area is 231 Å². The standard InChI is InChI=1S/C29H27Cl2NO6/c1-3-34-24-14-8-19(16-27(24)35-4-2)17-36-21-11-9-20(10-12-21)32-29(33)26-15-13-22(38-26)18-37-25-7-5-6-23(30)28(25)31/h5-16H,3-4,17-18H2,1-2H3,(H,32,33). The van der Waals surface area contributed by atoms with E-state index in [0.717, 1.165) is 5.56 Å². The smallest absolute Gasteiger partial charge is 0.291 e. The van der Waals surface area contributed by atoms with Crippen LogP contribution in [0.25, 0.3) is 0 Å². The average Bonchev–Trinajstić information content (AvgIpc) is 3.40. The number of carbonyl (C=O) groups is 1. The topological polar surface area (TPSA) is 79.2 Å². The molecule has 0 aliphatic carbocycles. The second-order valence-electron chi connectivity index (χ2n) is 8.02. The third kappa shape index (κ3) is 7.15. The maximum absolute atomic E-state index is 12.6. The predicted molar refractivity (Wildman–Crippen MR) is 147 cm³/mol. The zero-order chi connectivity index (χ0) is 26.9. The maximum Gasteiger partial charge on any atom is 0.291 e. The third-order valence-electron chi connectivity index (χ3n) is 5.30. The van der Waals surface area contributed by atoms with E-state index in [1.165, 1.54) is 0 Å².